The van der Waals surface area contributed by atoms with Crippen molar-refractivity contribution in [3.8, 4) is 23.6 Å². The van der Waals surface area contributed by atoms with Crippen LogP contribution in [0.4, 0.5) is 5.82 Å². The topological polar surface area (TPSA) is 110 Å². The molecule has 0 radical (unpaired) electrons. The molecule has 3 aromatic rings. The van der Waals surface area contributed by atoms with Gasteiger partial charge < -0.3 is 24.6 Å². The van der Waals surface area contributed by atoms with E-state index in [-0.39, 0.29) is 5.57 Å². The maximum Gasteiger partial charge on any atom is 0.169 e. The summed E-state index contributed by atoms with van der Waals surface area (Å²) in [5, 5.41) is 23.9. The number of benzene rings is 2. The number of methoxy groups -OCH3 is 2. The molecule has 4 rings (SSSR count). The first-order valence-corrected chi connectivity index (χ1v) is 11.3. The Kier molecular flexibility index (Phi) is 7.39. The van der Waals surface area contributed by atoms with Gasteiger partial charge in [0.25, 0.3) is 0 Å². The van der Waals surface area contributed by atoms with Crippen molar-refractivity contribution >= 4 is 28.3 Å². The summed E-state index contributed by atoms with van der Waals surface area (Å²) in [6.45, 7) is 2.98. The van der Waals surface area contributed by atoms with Crippen LogP contribution in [0.3, 0.4) is 0 Å². The van der Waals surface area contributed by atoms with Crippen molar-refractivity contribution < 1.29 is 9.47 Å². The van der Waals surface area contributed by atoms with Crippen molar-refractivity contribution in [2.24, 2.45) is 0 Å². The van der Waals surface area contributed by atoms with Crippen molar-refractivity contribution in [3.63, 3.8) is 0 Å². The lowest BCUT2D eigenvalue weighted by Gasteiger charge is -2.38. The van der Waals surface area contributed by atoms with Crippen molar-refractivity contribution in [1.29, 1.82) is 10.5 Å². The number of anilines is 1. The number of fused-ring (bicyclic) bond motifs is 1. The second kappa shape index (κ2) is 10.8. The largest absolute Gasteiger partial charge is 0.493 e. The Morgan fingerprint density at radius 3 is 2.29 bits per heavy atom. The normalized spacial score (nSPS) is 13.1. The number of nitrogens with zero attached hydrogens (tertiary/aromatic N) is 6. The van der Waals surface area contributed by atoms with E-state index in [9.17, 15) is 10.5 Å². The molecule has 1 saturated heterocycles. The van der Waals surface area contributed by atoms with E-state index in [4.69, 9.17) is 21.1 Å². The van der Waals surface area contributed by atoms with Gasteiger partial charge in [0.05, 0.1) is 19.7 Å². The van der Waals surface area contributed by atoms with E-state index in [1.807, 2.05) is 53.4 Å². The molecule has 1 aliphatic heterocycles. The summed E-state index contributed by atoms with van der Waals surface area (Å²) in [5.74, 6) is 2.55. The average Bonchev–Trinajstić information content (AvgIpc) is 2.91. The first-order chi connectivity index (χ1) is 17.1. The van der Waals surface area contributed by atoms with Crippen LogP contribution < -0.4 is 19.7 Å². The number of rotatable bonds is 7. The van der Waals surface area contributed by atoms with Crippen LogP contribution in [-0.2, 0) is 6.54 Å². The van der Waals surface area contributed by atoms with Gasteiger partial charge in [-0.05, 0) is 23.8 Å². The van der Waals surface area contributed by atoms with Gasteiger partial charge in [0.2, 0.25) is 0 Å². The molecule has 178 valence electrons. The van der Waals surface area contributed by atoms with Gasteiger partial charge in [0.15, 0.2) is 17.1 Å². The fourth-order valence-electron chi connectivity index (χ4n) is 4.04. The number of ether oxygens (including phenoxy) is 2. The highest BCUT2D eigenvalue weighted by Gasteiger charge is 2.24. The number of hydrogen-bond acceptors (Lipinski definition) is 9. The lowest BCUT2D eigenvalue weighted by molar-refractivity contribution is 0.297. The number of piperazine rings is 1. The summed E-state index contributed by atoms with van der Waals surface area (Å²) < 4.78 is 10.9. The Morgan fingerprint density at radius 1 is 1.00 bits per heavy atom. The highest BCUT2D eigenvalue weighted by atomic mass is 35.5. The van der Waals surface area contributed by atoms with E-state index in [1.165, 1.54) is 0 Å². The van der Waals surface area contributed by atoms with E-state index < -0.39 is 0 Å². The SMILES string of the molecule is COc1cc2ncnc(N3CCN(C(NCc4ccc(Cl)cc4)=C(C#N)C#N)CC3)c2cc1OC. The van der Waals surface area contributed by atoms with Crippen molar-refractivity contribution in [2.75, 3.05) is 45.3 Å². The number of nitriles is 2. The van der Waals surface area contributed by atoms with Gasteiger partial charge >= 0.3 is 0 Å². The number of halogens is 1. The maximum atomic E-state index is 9.54. The summed E-state index contributed by atoms with van der Waals surface area (Å²) in [5.41, 5.74) is 1.81. The summed E-state index contributed by atoms with van der Waals surface area (Å²) in [6, 6.07) is 15.2. The minimum absolute atomic E-state index is 0.0525. The molecule has 0 unspecified atom stereocenters. The minimum atomic E-state index is 0.0525. The third kappa shape index (κ3) is 5.16. The van der Waals surface area contributed by atoms with Crippen molar-refractivity contribution in [2.45, 2.75) is 6.54 Å². The Bertz CT molecular complexity index is 1300. The zero-order valence-corrected chi connectivity index (χ0v) is 20.2. The zero-order chi connectivity index (χ0) is 24.8. The molecule has 0 aliphatic carbocycles. The van der Waals surface area contributed by atoms with Gasteiger partial charge in [-0.15, -0.1) is 0 Å². The second-order valence-corrected chi connectivity index (χ2v) is 8.26. The van der Waals surface area contributed by atoms with Gasteiger partial charge in [-0.1, -0.05) is 23.7 Å². The summed E-state index contributed by atoms with van der Waals surface area (Å²) in [7, 11) is 3.19. The van der Waals surface area contributed by atoms with Gasteiger partial charge in [-0.2, -0.15) is 10.5 Å². The Morgan fingerprint density at radius 2 is 1.66 bits per heavy atom. The molecule has 2 aromatic carbocycles. The molecule has 0 spiro atoms. The molecular formula is C25H24ClN7O2. The minimum Gasteiger partial charge on any atom is -0.493 e. The first kappa shape index (κ1) is 23.9. The van der Waals surface area contributed by atoms with E-state index in [2.05, 4.69) is 20.2 Å². The lowest BCUT2D eigenvalue weighted by atomic mass is 10.1. The number of nitrogens with one attached hydrogen (secondary N) is 1. The second-order valence-electron chi connectivity index (χ2n) is 7.82. The molecule has 10 heteroatoms. The van der Waals surface area contributed by atoms with E-state index >= 15 is 0 Å². The van der Waals surface area contributed by atoms with E-state index in [0.29, 0.717) is 55.1 Å². The first-order valence-electron chi connectivity index (χ1n) is 11.0. The number of aromatic nitrogens is 2. The van der Waals surface area contributed by atoms with Crippen LogP contribution in [-0.4, -0.2) is 55.3 Å². The Hall–Kier alpha value is -4.21. The fourth-order valence-corrected chi connectivity index (χ4v) is 4.17. The Balaban J connectivity index is 1.54. The molecule has 0 bridgehead atoms. The van der Waals surface area contributed by atoms with Crippen LogP contribution in [0.5, 0.6) is 11.5 Å². The zero-order valence-electron chi connectivity index (χ0n) is 19.5. The smallest absolute Gasteiger partial charge is 0.169 e. The van der Waals surface area contributed by atoms with Gasteiger partial charge in [-0.3, -0.25) is 0 Å². The highest BCUT2D eigenvalue weighted by Crippen LogP contribution is 2.35. The van der Waals surface area contributed by atoms with Crippen LogP contribution in [0.25, 0.3) is 10.9 Å². The van der Waals surface area contributed by atoms with Crippen LogP contribution in [0.15, 0.2) is 54.1 Å². The van der Waals surface area contributed by atoms with Crippen LogP contribution in [0, 0.1) is 22.7 Å². The summed E-state index contributed by atoms with van der Waals surface area (Å²) in [4.78, 5) is 13.1. The molecule has 35 heavy (non-hydrogen) atoms. The van der Waals surface area contributed by atoms with Gasteiger partial charge in [0.1, 0.15) is 30.1 Å². The summed E-state index contributed by atoms with van der Waals surface area (Å²) in [6.07, 6.45) is 1.54. The maximum absolute atomic E-state index is 9.54. The van der Waals surface area contributed by atoms with Crippen molar-refractivity contribution in [1.82, 2.24) is 20.2 Å². The lowest BCUT2D eigenvalue weighted by Crippen LogP contribution is -2.48. The predicted octanol–water partition coefficient (Wildman–Crippen LogP) is 3.47. The molecule has 0 saturated carbocycles. The molecule has 0 atom stereocenters. The van der Waals surface area contributed by atoms with Crippen LogP contribution >= 0.6 is 11.6 Å². The molecule has 0 amide bonds. The molecule has 1 aliphatic rings. The molecule has 1 N–H and O–H groups in total. The predicted molar refractivity (Wildman–Crippen MR) is 133 cm³/mol. The molecule has 9 nitrogen and oxygen atoms in total. The van der Waals surface area contributed by atoms with E-state index in [0.717, 1.165) is 22.3 Å². The van der Waals surface area contributed by atoms with Gasteiger partial charge in [-0.25, -0.2) is 9.97 Å². The fraction of sp³-hybridized carbons (Fsp3) is 0.280. The quantitative estimate of drug-likeness (QED) is 0.498. The molecule has 2 heterocycles. The molecule has 1 fully saturated rings. The van der Waals surface area contributed by atoms with Crippen molar-refractivity contribution in [3.05, 3.63) is 64.7 Å². The third-order valence-electron chi connectivity index (χ3n) is 5.85. The molecular weight excluding hydrogens is 466 g/mol. The molecule has 1 aromatic heterocycles. The highest BCUT2D eigenvalue weighted by molar-refractivity contribution is 6.30. The summed E-state index contributed by atoms with van der Waals surface area (Å²) >= 11 is 5.97. The average molecular weight is 490 g/mol. The van der Waals surface area contributed by atoms with Crippen LogP contribution in [0.1, 0.15) is 5.56 Å². The van der Waals surface area contributed by atoms with Gasteiger partial charge in [0, 0.05) is 49.2 Å². The Labute approximate surface area is 208 Å². The van der Waals surface area contributed by atoms with E-state index in [1.54, 1.807) is 20.5 Å². The number of allylic oxidation sites excluding steroid dienone is 1. The monoisotopic (exact) mass is 489 g/mol. The third-order valence-corrected chi connectivity index (χ3v) is 6.10. The number of hydrogen-bond donors (Lipinski definition) is 1. The van der Waals surface area contributed by atoms with Crippen LogP contribution in [0.2, 0.25) is 5.02 Å². The standard InChI is InChI=1S/C25H24ClN7O2/c1-34-22-11-20-21(12-23(22)35-2)30-16-31-25(20)33-9-7-32(8-10-33)24(18(13-27)14-28)29-15-17-3-5-19(26)6-4-17/h3-6,11-12,16,29H,7-10,15H2,1-2H3.